The summed E-state index contributed by atoms with van der Waals surface area (Å²) >= 11 is 6.02. The Bertz CT molecular complexity index is 751. The van der Waals surface area contributed by atoms with Crippen LogP contribution in [-0.2, 0) is 24.4 Å². The van der Waals surface area contributed by atoms with Crippen molar-refractivity contribution in [2.24, 2.45) is 0 Å². The van der Waals surface area contributed by atoms with E-state index in [9.17, 15) is 14.9 Å². The van der Waals surface area contributed by atoms with E-state index in [1.54, 1.807) is 17.8 Å². The quantitative estimate of drug-likeness (QED) is 0.634. The zero-order valence-electron chi connectivity index (χ0n) is 13.0. The van der Waals surface area contributed by atoms with Gasteiger partial charge in [-0.1, -0.05) is 11.6 Å². The molecule has 1 N–H and O–H groups in total. The summed E-state index contributed by atoms with van der Waals surface area (Å²) in [5, 5.41) is 22.4. The van der Waals surface area contributed by atoms with E-state index in [1.165, 1.54) is 11.6 Å². The Morgan fingerprint density at radius 2 is 2.13 bits per heavy atom. The minimum Gasteiger partial charge on any atom is -0.349 e. The molecule has 0 aliphatic carbocycles. The lowest BCUT2D eigenvalue weighted by atomic mass is 10.3. The molecular weight excluding hydrogens is 324 g/mol. The number of hydrogen-bond acceptors (Lipinski definition) is 5. The van der Waals surface area contributed by atoms with Crippen LogP contribution in [0.2, 0.25) is 5.02 Å². The number of nitro groups is 1. The van der Waals surface area contributed by atoms with Crippen molar-refractivity contribution in [2.75, 3.05) is 0 Å². The Morgan fingerprint density at radius 1 is 1.43 bits per heavy atom. The Labute approximate surface area is 137 Å². The SMILES string of the molecule is CCn1cc(Cl)c(CNC(=O)Cn2nc(C)c([N+](=O)[O-])c2C)n1. The van der Waals surface area contributed by atoms with Crippen LogP contribution in [0.3, 0.4) is 0 Å². The second-order valence-corrected chi connectivity index (χ2v) is 5.40. The molecule has 0 unspecified atom stereocenters. The molecule has 2 aromatic heterocycles. The molecule has 10 heteroatoms. The van der Waals surface area contributed by atoms with E-state index < -0.39 is 4.92 Å². The predicted molar refractivity (Wildman–Crippen MR) is 83.1 cm³/mol. The van der Waals surface area contributed by atoms with Crippen LogP contribution in [0, 0.1) is 24.0 Å². The number of nitrogens with one attached hydrogen (secondary N) is 1. The molecule has 0 spiro atoms. The van der Waals surface area contributed by atoms with Crippen molar-refractivity contribution in [3.8, 4) is 0 Å². The van der Waals surface area contributed by atoms with E-state index in [-0.39, 0.29) is 30.4 Å². The van der Waals surface area contributed by atoms with E-state index >= 15 is 0 Å². The molecule has 0 radical (unpaired) electrons. The number of amides is 1. The second-order valence-electron chi connectivity index (χ2n) is 4.99. The normalized spacial score (nSPS) is 10.8. The van der Waals surface area contributed by atoms with Crippen LogP contribution < -0.4 is 5.32 Å². The summed E-state index contributed by atoms with van der Waals surface area (Å²) in [5.74, 6) is -0.326. The predicted octanol–water partition coefficient (Wildman–Crippen LogP) is 1.59. The van der Waals surface area contributed by atoms with Crippen molar-refractivity contribution in [2.45, 2.75) is 40.4 Å². The second kappa shape index (κ2) is 6.78. The van der Waals surface area contributed by atoms with Gasteiger partial charge in [-0.3, -0.25) is 24.3 Å². The minimum absolute atomic E-state index is 0.0671. The number of hydrogen-bond donors (Lipinski definition) is 1. The topological polar surface area (TPSA) is 108 Å². The first-order chi connectivity index (χ1) is 10.8. The summed E-state index contributed by atoms with van der Waals surface area (Å²) in [6, 6.07) is 0. The highest BCUT2D eigenvalue weighted by atomic mass is 35.5. The third-order valence-electron chi connectivity index (χ3n) is 3.38. The maximum absolute atomic E-state index is 12.0. The van der Waals surface area contributed by atoms with E-state index in [1.807, 2.05) is 6.92 Å². The summed E-state index contributed by atoms with van der Waals surface area (Å²) in [6.45, 7) is 5.80. The van der Waals surface area contributed by atoms with E-state index in [0.717, 1.165) is 0 Å². The van der Waals surface area contributed by atoms with Crippen molar-refractivity contribution < 1.29 is 9.72 Å². The Morgan fingerprint density at radius 3 is 2.65 bits per heavy atom. The average Bonchev–Trinajstić information content (AvgIpc) is 2.97. The monoisotopic (exact) mass is 340 g/mol. The van der Waals surface area contributed by atoms with Gasteiger partial charge in [0.25, 0.3) is 0 Å². The Balaban J connectivity index is 2.01. The van der Waals surface area contributed by atoms with Crippen LogP contribution >= 0.6 is 11.6 Å². The molecule has 0 atom stereocenters. The van der Waals surface area contributed by atoms with Crippen LogP contribution in [0.5, 0.6) is 0 Å². The minimum atomic E-state index is -0.497. The highest BCUT2D eigenvalue weighted by molar-refractivity contribution is 6.31. The maximum Gasteiger partial charge on any atom is 0.312 e. The number of nitrogens with zero attached hydrogens (tertiary/aromatic N) is 5. The molecule has 0 saturated carbocycles. The standard InChI is InChI=1S/C13H17ClN6O3/c1-4-18-6-10(14)11(17-18)5-15-12(21)7-19-9(3)13(20(22)23)8(2)16-19/h6H,4-5,7H2,1-3H3,(H,15,21). The highest BCUT2D eigenvalue weighted by Gasteiger charge is 2.22. The lowest BCUT2D eigenvalue weighted by Gasteiger charge is -2.05. The lowest BCUT2D eigenvalue weighted by molar-refractivity contribution is -0.386. The molecule has 0 aliphatic rings. The number of aryl methyl sites for hydroxylation is 2. The average molecular weight is 341 g/mol. The van der Waals surface area contributed by atoms with E-state index in [0.29, 0.717) is 23.0 Å². The van der Waals surface area contributed by atoms with Gasteiger partial charge in [0.05, 0.1) is 16.5 Å². The van der Waals surface area contributed by atoms with Crippen molar-refractivity contribution in [1.29, 1.82) is 0 Å². The van der Waals surface area contributed by atoms with E-state index in [4.69, 9.17) is 11.6 Å². The van der Waals surface area contributed by atoms with Crippen LogP contribution in [0.4, 0.5) is 5.69 Å². The first-order valence-electron chi connectivity index (χ1n) is 7.00. The summed E-state index contributed by atoms with van der Waals surface area (Å²) in [7, 11) is 0. The van der Waals surface area contributed by atoms with Crippen molar-refractivity contribution >= 4 is 23.2 Å². The van der Waals surface area contributed by atoms with Gasteiger partial charge in [0.1, 0.15) is 23.6 Å². The van der Waals surface area contributed by atoms with Gasteiger partial charge >= 0.3 is 5.69 Å². The molecule has 9 nitrogen and oxygen atoms in total. The third-order valence-corrected chi connectivity index (χ3v) is 3.70. The van der Waals surface area contributed by atoms with Crippen LogP contribution in [0.25, 0.3) is 0 Å². The Hall–Kier alpha value is -2.42. The van der Waals surface area contributed by atoms with Crippen LogP contribution in [0.1, 0.15) is 24.0 Å². The zero-order valence-corrected chi connectivity index (χ0v) is 13.8. The first kappa shape index (κ1) is 16.9. The molecule has 0 aromatic carbocycles. The number of carbonyl (C=O) groups is 1. The summed E-state index contributed by atoms with van der Waals surface area (Å²) in [4.78, 5) is 22.4. The molecule has 0 bridgehead atoms. The van der Waals surface area contributed by atoms with Gasteiger partial charge in [-0.05, 0) is 20.8 Å². The first-order valence-corrected chi connectivity index (χ1v) is 7.38. The number of halogens is 1. The Kier molecular flexibility index (Phi) is 4.99. The molecule has 2 aromatic rings. The summed E-state index contributed by atoms with van der Waals surface area (Å²) < 4.78 is 2.99. The van der Waals surface area contributed by atoms with Gasteiger partial charge < -0.3 is 5.32 Å². The smallest absolute Gasteiger partial charge is 0.312 e. The third kappa shape index (κ3) is 3.67. The van der Waals surface area contributed by atoms with Gasteiger partial charge in [0.2, 0.25) is 5.91 Å². The fourth-order valence-electron chi connectivity index (χ4n) is 2.20. The van der Waals surface area contributed by atoms with Gasteiger partial charge in [-0.15, -0.1) is 0 Å². The zero-order chi connectivity index (χ0) is 17.1. The van der Waals surface area contributed by atoms with Gasteiger partial charge in [0, 0.05) is 12.7 Å². The summed E-state index contributed by atoms with van der Waals surface area (Å²) in [5.41, 5.74) is 1.13. The van der Waals surface area contributed by atoms with Crippen LogP contribution in [0.15, 0.2) is 6.20 Å². The fourth-order valence-corrected chi connectivity index (χ4v) is 2.42. The number of carbonyl (C=O) groups excluding carboxylic acids is 1. The largest absolute Gasteiger partial charge is 0.349 e. The van der Waals surface area contributed by atoms with Crippen molar-refractivity contribution in [1.82, 2.24) is 24.9 Å². The van der Waals surface area contributed by atoms with Gasteiger partial charge in [-0.2, -0.15) is 10.2 Å². The molecule has 0 aliphatic heterocycles. The maximum atomic E-state index is 12.0. The summed E-state index contributed by atoms with van der Waals surface area (Å²) in [6.07, 6.45) is 1.69. The highest BCUT2D eigenvalue weighted by Crippen LogP contribution is 2.21. The molecule has 124 valence electrons. The fraction of sp³-hybridized carbons (Fsp3) is 0.462. The van der Waals surface area contributed by atoms with Crippen molar-refractivity contribution in [3.05, 3.63) is 38.4 Å². The molecule has 2 heterocycles. The number of aromatic nitrogens is 4. The van der Waals surface area contributed by atoms with Crippen LogP contribution in [-0.4, -0.2) is 30.4 Å². The molecule has 2 rings (SSSR count). The van der Waals surface area contributed by atoms with E-state index in [2.05, 4.69) is 15.5 Å². The molecule has 1 amide bonds. The lowest BCUT2D eigenvalue weighted by Crippen LogP contribution is -2.28. The van der Waals surface area contributed by atoms with Crippen molar-refractivity contribution in [3.63, 3.8) is 0 Å². The number of rotatable bonds is 6. The molecule has 0 fully saturated rings. The van der Waals surface area contributed by atoms with Gasteiger partial charge in [-0.25, -0.2) is 0 Å². The molecule has 0 saturated heterocycles. The molecular formula is C13H17ClN6O3. The molecule has 23 heavy (non-hydrogen) atoms. The van der Waals surface area contributed by atoms with Gasteiger partial charge in [0.15, 0.2) is 0 Å².